The fraction of sp³-hybridized carbons (Fsp3) is 0.500. The van der Waals surface area contributed by atoms with Crippen LogP contribution in [0.3, 0.4) is 0 Å². The third-order valence-corrected chi connectivity index (χ3v) is 3.50. The molecule has 1 aliphatic rings. The minimum Gasteiger partial charge on any atom is -0.388 e. The smallest absolute Gasteiger partial charge is 0.255 e. The average molecular weight is 277 g/mol. The summed E-state index contributed by atoms with van der Waals surface area (Å²) in [7, 11) is 0. The van der Waals surface area contributed by atoms with E-state index in [2.05, 4.69) is 4.98 Å². The molecule has 3 N–H and O–H groups in total. The molecule has 0 bridgehead atoms. The highest BCUT2D eigenvalue weighted by atomic mass is 16.3. The van der Waals surface area contributed by atoms with E-state index < -0.39 is 11.5 Å². The van der Waals surface area contributed by atoms with E-state index in [9.17, 15) is 14.7 Å². The quantitative estimate of drug-likeness (QED) is 0.826. The van der Waals surface area contributed by atoms with Gasteiger partial charge in [-0.1, -0.05) is 0 Å². The molecule has 2 amide bonds. The van der Waals surface area contributed by atoms with Crippen LogP contribution in [0.2, 0.25) is 0 Å². The molecule has 1 unspecified atom stereocenters. The Bertz CT molecular complexity index is 515. The van der Waals surface area contributed by atoms with Crippen molar-refractivity contribution in [1.82, 2.24) is 9.88 Å². The van der Waals surface area contributed by atoms with Gasteiger partial charge in [-0.3, -0.25) is 14.6 Å². The molecule has 0 aliphatic carbocycles. The summed E-state index contributed by atoms with van der Waals surface area (Å²) in [5.74, 6) is -0.737. The summed E-state index contributed by atoms with van der Waals surface area (Å²) in [4.78, 5) is 29.0. The second kappa shape index (κ2) is 5.58. The van der Waals surface area contributed by atoms with Crippen LogP contribution in [0.4, 0.5) is 0 Å². The van der Waals surface area contributed by atoms with Gasteiger partial charge in [-0.25, -0.2) is 0 Å². The monoisotopic (exact) mass is 277 g/mol. The second-order valence-electron chi connectivity index (χ2n) is 5.39. The van der Waals surface area contributed by atoms with Crippen molar-refractivity contribution < 1.29 is 14.7 Å². The molecule has 1 fully saturated rings. The summed E-state index contributed by atoms with van der Waals surface area (Å²) in [5, 5.41) is 10.3. The van der Waals surface area contributed by atoms with E-state index in [-0.39, 0.29) is 18.9 Å². The predicted octanol–water partition coefficient (Wildman–Crippen LogP) is 0.233. The highest BCUT2D eigenvalue weighted by molar-refractivity contribution is 5.94. The van der Waals surface area contributed by atoms with E-state index >= 15 is 0 Å². The number of aliphatic hydroxyl groups is 1. The van der Waals surface area contributed by atoms with Gasteiger partial charge in [0.2, 0.25) is 5.91 Å². The normalized spacial score (nSPS) is 22.6. The van der Waals surface area contributed by atoms with Crippen molar-refractivity contribution >= 4 is 11.8 Å². The van der Waals surface area contributed by atoms with E-state index in [1.54, 1.807) is 17.0 Å². The molecule has 1 atom stereocenters. The first kappa shape index (κ1) is 14.5. The Morgan fingerprint density at radius 3 is 2.85 bits per heavy atom. The van der Waals surface area contributed by atoms with E-state index in [0.29, 0.717) is 24.9 Å². The Kier molecular flexibility index (Phi) is 4.04. The molecule has 20 heavy (non-hydrogen) atoms. The van der Waals surface area contributed by atoms with Crippen LogP contribution in [0.25, 0.3) is 0 Å². The lowest BCUT2D eigenvalue weighted by molar-refractivity contribution is -0.125. The third-order valence-electron chi connectivity index (χ3n) is 3.50. The minimum atomic E-state index is -1.21. The number of rotatable bonds is 3. The number of piperidine rings is 1. The van der Waals surface area contributed by atoms with Gasteiger partial charge < -0.3 is 15.7 Å². The number of carbonyl (C=O) groups excluding carboxylic acids is 2. The summed E-state index contributed by atoms with van der Waals surface area (Å²) in [6.45, 7) is 2.54. The number of aryl methyl sites for hydroxylation is 1. The SMILES string of the molecule is Cc1ccc(C(=O)N2CCCC(O)(CC(N)=O)C2)cn1. The second-order valence-corrected chi connectivity index (χ2v) is 5.39. The molecular formula is C14H19N3O3. The number of primary amides is 1. The number of likely N-dealkylation sites (tertiary alicyclic amines) is 1. The molecule has 6 nitrogen and oxygen atoms in total. The topological polar surface area (TPSA) is 96.5 Å². The zero-order valence-electron chi connectivity index (χ0n) is 11.5. The van der Waals surface area contributed by atoms with Gasteiger partial charge in [-0.05, 0) is 31.9 Å². The molecular weight excluding hydrogens is 258 g/mol. The van der Waals surface area contributed by atoms with Crippen molar-refractivity contribution in [3.05, 3.63) is 29.6 Å². The maximum atomic E-state index is 12.3. The van der Waals surface area contributed by atoms with Crippen LogP contribution < -0.4 is 5.73 Å². The predicted molar refractivity (Wildman–Crippen MR) is 72.9 cm³/mol. The summed E-state index contributed by atoms with van der Waals surface area (Å²) in [5.41, 5.74) is 5.26. The van der Waals surface area contributed by atoms with Gasteiger partial charge in [-0.15, -0.1) is 0 Å². The molecule has 1 aliphatic heterocycles. The van der Waals surface area contributed by atoms with Crippen molar-refractivity contribution in [3.63, 3.8) is 0 Å². The van der Waals surface area contributed by atoms with Crippen LogP contribution in [0.1, 0.15) is 35.3 Å². The lowest BCUT2D eigenvalue weighted by atomic mass is 9.89. The first-order chi connectivity index (χ1) is 9.39. The number of nitrogens with zero attached hydrogens (tertiary/aromatic N) is 2. The van der Waals surface area contributed by atoms with Crippen LogP contribution in [-0.4, -0.2) is 45.5 Å². The molecule has 0 radical (unpaired) electrons. The first-order valence-corrected chi connectivity index (χ1v) is 6.62. The lowest BCUT2D eigenvalue weighted by Crippen LogP contribution is -2.51. The molecule has 2 heterocycles. The fourth-order valence-corrected chi connectivity index (χ4v) is 2.53. The molecule has 0 aromatic carbocycles. The highest BCUT2D eigenvalue weighted by Gasteiger charge is 2.36. The Hall–Kier alpha value is -1.95. The van der Waals surface area contributed by atoms with Crippen molar-refractivity contribution in [2.24, 2.45) is 5.73 Å². The summed E-state index contributed by atoms with van der Waals surface area (Å²) in [6.07, 6.45) is 2.53. The molecule has 6 heteroatoms. The van der Waals surface area contributed by atoms with E-state index in [1.165, 1.54) is 6.20 Å². The number of hydrogen-bond donors (Lipinski definition) is 2. The lowest BCUT2D eigenvalue weighted by Gasteiger charge is -2.38. The minimum absolute atomic E-state index is 0.122. The number of hydrogen-bond acceptors (Lipinski definition) is 4. The maximum Gasteiger partial charge on any atom is 0.255 e. The van der Waals surface area contributed by atoms with Gasteiger partial charge in [0, 0.05) is 18.4 Å². The van der Waals surface area contributed by atoms with Gasteiger partial charge in [0.1, 0.15) is 0 Å². The van der Waals surface area contributed by atoms with Crippen LogP contribution in [0.5, 0.6) is 0 Å². The number of pyridine rings is 1. The Morgan fingerprint density at radius 1 is 1.50 bits per heavy atom. The van der Waals surface area contributed by atoms with Crippen LogP contribution in [0, 0.1) is 6.92 Å². The van der Waals surface area contributed by atoms with Crippen LogP contribution >= 0.6 is 0 Å². The maximum absolute atomic E-state index is 12.3. The zero-order valence-corrected chi connectivity index (χ0v) is 11.5. The van der Waals surface area contributed by atoms with Gasteiger partial charge >= 0.3 is 0 Å². The summed E-state index contributed by atoms with van der Waals surface area (Å²) >= 11 is 0. The average Bonchev–Trinajstić information content (AvgIpc) is 2.37. The van der Waals surface area contributed by atoms with Crippen molar-refractivity contribution in [1.29, 1.82) is 0 Å². The number of amides is 2. The largest absolute Gasteiger partial charge is 0.388 e. The van der Waals surface area contributed by atoms with Crippen molar-refractivity contribution in [3.8, 4) is 0 Å². The Balaban J connectivity index is 2.10. The van der Waals surface area contributed by atoms with Gasteiger partial charge in [0.25, 0.3) is 5.91 Å². The standard InChI is InChI=1S/C14H19N3O3/c1-10-3-4-11(8-16-10)13(19)17-6-2-5-14(20,9-17)7-12(15)18/h3-4,8,20H,2,5-7,9H2,1H3,(H2,15,18). The van der Waals surface area contributed by atoms with Crippen molar-refractivity contribution in [2.75, 3.05) is 13.1 Å². The molecule has 0 spiro atoms. The van der Waals surface area contributed by atoms with Crippen molar-refractivity contribution in [2.45, 2.75) is 31.8 Å². The summed E-state index contributed by atoms with van der Waals surface area (Å²) < 4.78 is 0. The zero-order chi connectivity index (χ0) is 14.8. The first-order valence-electron chi connectivity index (χ1n) is 6.62. The number of carbonyl (C=O) groups is 2. The fourth-order valence-electron chi connectivity index (χ4n) is 2.53. The third kappa shape index (κ3) is 3.33. The molecule has 0 saturated carbocycles. The molecule has 1 saturated heterocycles. The van der Waals surface area contributed by atoms with E-state index in [1.807, 2.05) is 6.92 Å². The van der Waals surface area contributed by atoms with Gasteiger partial charge in [0.05, 0.1) is 24.1 Å². The van der Waals surface area contributed by atoms with Gasteiger partial charge in [0.15, 0.2) is 0 Å². The molecule has 2 rings (SSSR count). The Morgan fingerprint density at radius 2 is 2.25 bits per heavy atom. The van der Waals surface area contributed by atoms with Crippen LogP contribution in [0.15, 0.2) is 18.3 Å². The number of β-amino-alcohol motifs (C(OH)–C–C–N with tert-alkyl or cyclic N) is 1. The van der Waals surface area contributed by atoms with E-state index in [0.717, 1.165) is 5.69 Å². The highest BCUT2D eigenvalue weighted by Crippen LogP contribution is 2.25. The molecule has 1 aromatic rings. The Labute approximate surface area is 117 Å². The van der Waals surface area contributed by atoms with E-state index in [4.69, 9.17) is 5.73 Å². The number of aromatic nitrogens is 1. The molecule has 108 valence electrons. The van der Waals surface area contributed by atoms with Gasteiger partial charge in [-0.2, -0.15) is 0 Å². The molecule has 1 aromatic heterocycles. The summed E-state index contributed by atoms with van der Waals surface area (Å²) in [6, 6.07) is 3.49. The van der Waals surface area contributed by atoms with Crippen LogP contribution in [-0.2, 0) is 4.79 Å². The number of nitrogens with two attached hydrogens (primary N) is 1.